The van der Waals surface area contributed by atoms with Crippen LogP contribution in [0.4, 0.5) is 0 Å². The molecule has 0 bridgehead atoms. The second kappa shape index (κ2) is 8.33. The Bertz CT molecular complexity index is 847. The molecule has 0 fully saturated rings. The van der Waals surface area contributed by atoms with E-state index in [1.807, 2.05) is 63.2 Å². The van der Waals surface area contributed by atoms with Crippen LogP contribution in [0.3, 0.4) is 0 Å². The highest BCUT2D eigenvalue weighted by molar-refractivity contribution is 5.81. The van der Waals surface area contributed by atoms with Gasteiger partial charge in [0.05, 0.1) is 6.04 Å². The van der Waals surface area contributed by atoms with Crippen LogP contribution in [0, 0.1) is 0 Å². The van der Waals surface area contributed by atoms with Crippen LogP contribution in [0.1, 0.15) is 37.9 Å². The maximum atomic E-state index is 12.0. The number of fused-ring (bicyclic) bond motifs is 1. The Morgan fingerprint density at radius 1 is 1.11 bits per heavy atom. The van der Waals surface area contributed by atoms with Crippen LogP contribution in [0.5, 0.6) is 11.5 Å². The van der Waals surface area contributed by atoms with Crippen LogP contribution in [0.2, 0.25) is 0 Å². The fraction of sp³-hybridized carbons (Fsp3) is 0.364. The van der Waals surface area contributed by atoms with Gasteiger partial charge in [0.25, 0.3) is 5.91 Å². The highest BCUT2D eigenvalue weighted by atomic mass is 16.6. The maximum absolute atomic E-state index is 12.0. The second-order valence-corrected chi connectivity index (χ2v) is 7.43. The molecular formula is C22H25NO5. The quantitative estimate of drug-likeness (QED) is 0.744. The summed E-state index contributed by atoms with van der Waals surface area (Å²) >= 11 is 0. The van der Waals surface area contributed by atoms with E-state index < -0.39 is 5.97 Å². The molecule has 1 amide bonds. The number of ether oxygens (including phenoxy) is 3. The molecule has 1 aliphatic rings. The number of esters is 1. The van der Waals surface area contributed by atoms with Crippen LogP contribution >= 0.6 is 0 Å². The minimum Gasteiger partial charge on any atom is -0.483 e. The number of amides is 1. The van der Waals surface area contributed by atoms with Crippen molar-refractivity contribution in [2.24, 2.45) is 0 Å². The van der Waals surface area contributed by atoms with E-state index in [1.54, 1.807) is 6.07 Å². The zero-order chi connectivity index (χ0) is 20.1. The van der Waals surface area contributed by atoms with Crippen molar-refractivity contribution in [3.8, 4) is 11.5 Å². The van der Waals surface area contributed by atoms with Crippen molar-refractivity contribution in [2.75, 3.05) is 13.2 Å². The number of benzene rings is 2. The van der Waals surface area contributed by atoms with E-state index in [4.69, 9.17) is 14.2 Å². The Labute approximate surface area is 164 Å². The Morgan fingerprint density at radius 3 is 2.61 bits per heavy atom. The molecule has 28 heavy (non-hydrogen) atoms. The molecule has 0 radical (unpaired) electrons. The lowest BCUT2D eigenvalue weighted by molar-refractivity contribution is -0.150. The molecule has 0 spiro atoms. The van der Waals surface area contributed by atoms with Gasteiger partial charge in [-0.2, -0.15) is 0 Å². The minimum absolute atomic E-state index is 0.170. The molecule has 0 saturated carbocycles. The molecule has 0 aliphatic carbocycles. The van der Waals surface area contributed by atoms with E-state index in [0.717, 1.165) is 17.5 Å². The van der Waals surface area contributed by atoms with Crippen molar-refractivity contribution in [1.82, 2.24) is 5.32 Å². The third-order valence-electron chi connectivity index (χ3n) is 4.44. The second-order valence-electron chi connectivity index (χ2n) is 7.43. The molecule has 2 aromatic carbocycles. The SMILES string of the molecule is CC(NC(=O)COC(=O)COc1cccc2c1OC(C)(C)C2)c1ccccc1. The lowest BCUT2D eigenvalue weighted by Crippen LogP contribution is -2.31. The standard InChI is InChI=1S/C22H25NO5/c1-15(16-8-5-4-6-9-16)23-19(24)13-27-20(25)14-26-18-11-7-10-17-12-22(2,3)28-21(17)18/h4-11,15H,12-14H2,1-3H3,(H,23,24). The highest BCUT2D eigenvalue weighted by Gasteiger charge is 2.32. The zero-order valence-electron chi connectivity index (χ0n) is 16.4. The minimum atomic E-state index is -0.614. The van der Waals surface area contributed by atoms with Gasteiger partial charge in [0.2, 0.25) is 0 Å². The van der Waals surface area contributed by atoms with E-state index in [1.165, 1.54) is 0 Å². The van der Waals surface area contributed by atoms with E-state index in [2.05, 4.69) is 5.32 Å². The zero-order valence-corrected chi connectivity index (χ0v) is 16.4. The Balaban J connectivity index is 1.45. The van der Waals surface area contributed by atoms with Crippen LogP contribution < -0.4 is 14.8 Å². The lowest BCUT2D eigenvalue weighted by atomic mass is 10.0. The largest absolute Gasteiger partial charge is 0.483 e. The van der Waals surface area contributed by atoms with Gasteiger partial charge in [0.15, 0.2) is 24.7 Å². The Kier molecular flexibility index (Phi) is 5.87. The number of carbonyl (C=O) groups is 2. The van der Waals surface area contributed by atoms with Crippen LogP contribution in [-0.4, -0.2) is 30.7 Å². The summed E-state index contributed by atoms with van der Waals surface area (Å²) in [7, 11) is 0. The van der Waals surface area contributed by atoms with Gasteiger partial charge in [0.1, 0.15) is 5.60 Å². The van der Waals surface area contributed by atoms with Gasteiger partial charge in [-0.05, 0) is 32.4 Å². The number of carbonyl (C=O) groups excluding carboxylic acids is 2. The van der Waals surface area contributed by atoms with Crippen LogP contribution in [0.15, 0.2) is 48.5 Å². The van der Waals surface area contributed by atoms with E-state index in [9.17, 15) is 9.59 Å². The third-order valence-corrected chi connectivity index (χ3v) is 4.44. The maximum Gasteiger partial charge on any atom is 0.344 e. The average molecular weight is 383 g/mol. The number of rotatable bonds is 7. The molecule has 3 rings (SSSR count). The Hall–Kier alpha value is -3.02. The first-order chi connectivity index (χ1) is 13.3. The third kappa shape index (κ3) is 5.03. The van der Waals surface area contributed by atoms with Crippen molar-refractivity contribution in [2.45, 2.75) is 38.8 Å². The average Bonchev–Trinajstić information content (AvgIpc) is 2.99. The Morgan fingerprint density at radius 2 is 1.86 bits per heavy atom. The van der Waals surface area contributed by atoms with Crippen LogP contribution in [0.25, 0.3) is 0 Å². The van der Waals surface area contributed by atoms with Gasteiger partial charge in [0, 0.05) is 12.0 Å². The van der Waals surface area contributed by atoms with Gasteiger partial charge in [-0.15, -0.1) is 0 Å². The molecular weight excluding hydrogens is 358 g/mol. The van der Waals surface area contributed by atoms with Crippen molar-refractivity contribution in [3.63, 3.8) is 0 Å². The summed E-state index contributed by atoms with van der Waals surface area (Å²) in [6.45, 7) is 5.23. The number of nitrogens with one attached hydrogen (secondary N) is 1. The van der Waals surface area contributed by atoms with Gasteiger partial charge in [-0.25, -0.2) is 4.79 Å². The molecule has 1 heterocycles. The summed E-state index contributed by atoms with van der Waals surface area (Å²) in [5.41, 5.74) is 1.73. The molecule has 1 unspecified atom stereocenters. The van der Waals surface area contributed by atoms with Gasteiger partial charge < -0.3 is 19.5 Å². The van der Waals surface area contributed by atoms with E-state index >= 15 is 0 Å². The number of hydrogen-bond donors (Lipinski definition) is 1. The molecule has 2 aromatic rings. The summed E-state index contributed by atoms with van der Waals surface area (Å²) in [5.74, 6) is 0.185. The fourth-order valence-corrected chi connectivity index (χ4v) is 3.13. The van der Waals surface area contributed by atoms with Gasteiger partial charge >= 0.3 is 5.97 Å². The summed E-state index contributed by atoms with van der Waals surface area (Å²) < 4.78 is 16.5. The fourth-order valence-electron chi connectivity index (χ4n) is 3.13. The normalized spacial score (nSPS) is 15.1. The summed E-state index contributed by atoms with van der Waals surface area (Å²) in [5, 5.41) is 2.79. The number of para-hydroxylation sites is 1. The predicted molar refractivity (Wildman–Crippen MR) is 104 cm³/mol. The highest BCUT2D eigenvalue weighted by Crippen LogP contribution is 2.41. The van der Waals surface area contributed by atoms with Crippen LogP contribution in [-0.2, 0) is 20.7 Å². The monoisotopic (exact) mass is 383 g/mol. The van der Waals surface area contributed by atoms with Crippen molar-refractivity contribution < 1.29 is 23.8 Å². The first-order valence-electron chi connectivity index (χ1n) is 9.28. The molecule has 0 saturated heterocycles. The lowest BCUT2D eigenvalue weighted by Gasteiger charge is -2.18. The molecule has 1 atom stereocenters. The van der Waals surface area contributed by atoms with E-state index in [0.29, 0.717) is 11.5 Å². The molecule has 148 valence electrons. The molecule has 0 aromatic heterocycles. The number of hydrogen-bond acceptors (Lipinski definition) is 5. The van der Waals surface area contributed by atoms with Gasteiger partial charge in [-0.1, -0.05) is 42.5 Å². The topological polar surface area (TPSA) is 73.9 Å². The first-order valence-corrected chi connectivity index (χ1v) is 9.28. The predicted octanol–water partition coefficient (Wildman–Crippen LogP) is 3.20. The molecule has 1 N–H and O–H groups in total. The molecule has 6 nitrogen and oxygen atoms in total. The van der Waals surface area contributed by atoms with E-state index in [-0.39, 0.29) is 30.8 Å². The summed E-state index contributed by atoms with van der Waals surface area (Å²) in [6.07, 6.45) is 0.781. The van der Waals surface area contributed by atoms with Crippen molar-refractivity contribution in [1.29, 1.82) is 0 Å². The molecule has 1 aliphatic heterocycles. The van der Waals surface area contributed by atoms with Crippen molar-refractivity contribution in [3.05, 3.63) is 59.7 Å². The van der Waals surface area contributed by atoms with Crippen molar-refractivity contribution >= 4 is 11.9 Å². The smallest absolute Gasteiger partial charge is 0.344 e. The summed E-state index contributed by atoms with van der Waals surface area (Å²) in [4.78, 5) is 23.9. The summed E-state index contributed by atoms with van der Waals surface area (Å²) in [6, 6.07) is 15.0. The first kappa shape index (κ1) is 19.7. The van der Waals surface area contributed by atoms with Gasteiger partial charge in [-0.3, -0.25) is 4.79 Å². The molecule has 6 heteroatoms.